The van der Waals surface area contributed by atoms with Crippen LogP contribution in [0.5, 0.6) is 0 Å². The van der Waals surface area contributed by atoms with Crippen molar-refractivity contribution in [3.63, 3.8) is 0 Å². The maximum Gasteiger partial charge on any atom is 0.320 e. The first kappa shape index (κ1) is 17.4. The normalized spacial score (nSPS) is 15.3. The van der Waals surface area contributed by atoms with Gasteiger partial charge in [-0.25, -0.2) is 9.78 Å². The Hall–Kier alpha value is -2.44. The van der Waals surface area contributed by atoms with Gasteiger partial charge in [0.05, 0.1) is 6.10 Å². The van der Waals surface area contributed by atoms with Crippen molar-refractivity contribution in [2.75, 3.05) is 25.0 Å². The van der Waals surface area contributed by atoms with E-state index in [1.807, 2.05) is 25.1 Å². The second-order valence-corrected chi connectivity index (χ2v) is 6.41. The van der Waals surface area contributed by atoms with Gasteiger partial charge in [-0.1, -0.05) is 30.3 Å². The molecular weight excluding hydrogens is 316 g/mol. The van der Waals surface area contributed by atoms with E-state index >= 15 is 0 Å². The van der Waals surface area contributed by atoms with Crippen LogP contribution in [0.4, 0.5) is 10.6 Å². The van der Waals surface area contributed by atoms with Crippen LogP contribution in [0.2, 0.25) is 0 Å². The Morgan fingerprint density at radius 2 is 2.08 bits per heavy atom. The number of fused-ring (bicyclic) bond motifs is 1. The molecule has 1 aromatic heterocycles. The highest BCUT2D eigenvalue weighted by molar-refractivity contribution is 5.88. The molecule has 3 N–H and O–H groups in total. The molecule has 6 nitrogen and oxygen atoms in total. The van der Waals surface area contributed by atoms with Crippen molar-refractivity contribution in [1.82, 2.24) is 15.2 Å². The summed E-state index contributed by atoms with van der Waals surface area (Å²) in [7, 11) is 0. The standard InChI is InChI=1S/C19H24N4O2/c1-14-5-4-9-20-18(14)22-19(25)21-11-17(24)13-23-10-8-15-6-2-3-7-16(15)12-23/h2-7,9,17,24H,8,10-13H2,1H3,(H2,20,21,22,25)/t17-/m1/s1. The quantitative estimate of drug-likeness (QED) is 0.777. The van der Waals surface area contributed by atoms with Crippen molar-refractivity contribution < 1.29 is 9.90 Å². The first-order chi connectivity index (χ1) is 12.1. The van der Waals surface area contributed by atoms with E-state index in [0.29, 0.717) is 12.4 Å². The summed E-state index contributed by atoms with van der Waals surface area (Å²) in [6.07, 6.45) is 2.02. The second kappa shape index (κ2) is 8.09. The van der Waals surface area contributed by atoms with Crippen LogP contribution in [0.1, 0.15) is 16.7 Å². The summed E-state index contributed by atoms with van der Waals surface area (Å²) < 4.78 is 0. The van der Waals surface area contributed by atoms with Crippen LogP contribution in [-0.2, 0) is 13.0 Å². The van der Waals surface area contributed by atoms with E-state index in [1.54, 1.807) is 6.20 Å². The SMILES string of the molecule is Cc1cccnc1NC(=O)NC[C@@H](O)CN1CCc2ccccc2C1. The molecule has 0 unspecified atom stereocenters. The largest absolute Gasteiger partial charge is 0.390 e. The van der Waals surface area contributed by atoms with E-state index in [-0.39, 0.29) is 12.6 Å². The van der Waals surface area contributed by atoms with Gasteiger partial charge in [0.25, 0.3) is 0 Å². The molecule has 1 aliphatic heterocycles. The Bertz CT molecular complexity index is 735. The molecule has 25 heavy (non-hydrogen) atoms. The van der Waals surface area contributed by atoms with Crippen LogP contribution in [0.15, 0.2) is 42.6 Å². The highest BCUT2D eigenvalue weighted by atomic mass is 16.3. The lowest BCUT2D eigenvalue weighted by Gasteiger charge is -2.30. The number of aromatic nitrogens is 1. The van der Waals surface area contributed by atoms with Crippen molar-refractivity contribution >= 4 is 11.8 Å². The number of hydrogen-bond acceptors (Lipinski definition) is 4. The number of nitrogens with one attached hydrogen (secondary N) is 2. The number of aryl methyl sites for hydroxylation is 1. The van der Waals surface area contributed by atoms with Gasteiger partial charge in [0.15, 0.2) is 0 Å². The molecule has 0 bridgehead atoms. The molecule has 132 valence electrons. The minimum absolute atomic E-state index is 0.204. The molecule has 0 saturated heterocycles. The Morgan fingerprint density at radius 1 is 1.28 bits per heavy atom. The zero-order chi connectivity index (χ0) is 17.6. The molecule has 2 aromatic rings. The number of urea groups is 1. The second-order valence-electron chi connectivity index (χ2n) is 6.41. The predicted molar refractivity (Wildman–Crippen MR) is 97.4 cm³/mol. The van der Waals surface area contributed by atoms with E-state index in [0.717, 1.165) is 25.1 Å². The lowest BCUT2D eigenvalue weighted by Crippen LogP contribution is -2.43. The maximum atomic E-state index is 11.9. The average Bonchev–Trinajstić information content (AvgIpc) is 2.62. The summed E-state index contributed by atoms with van der Waals surface area (Å²) in [5.41, 5.74) is 3.60. The van der Waals surface area contributed by atoms with Gasteiger partial charge >= 0.3 is 6.03 Å². The maximum absolute atomic E-state index is 11.9. The van der Waals surface area contributed by atoms with Gasteiger partial charge in [-0.3, -0.25) is 10.2 Å². The minimum Gasteiger partial charge on any atom is -0.390 e. The molecule has 6 heteroatoms. The molecule has 0 fully saturated rings. The fourth-order valence-corrected chi connectivity index (χ4v) is 3.05. The number of anilines is 1. The van der Waals surface area contributed by atoms with E-state index in [9.17, 15) is 9.90 Å². The van der Waals surface area contributed by atoms with E-state index in [2.05, 4.69) is 38.7 Å². The number of carbonyl (C=O) groups is 1. The van der Waals surface area contributed by atoms with E-state index in [4.69, 9.17) is 0 Å². The van der Waals surface area contributed by atoms with Crippen LogP contribution in [0, 0.1) is 6.92 Å². The van der Waals surface area contributed by atoms with Gasteiger partial charge in [-0.2, -0.15) is 0 Å². The summed E-state index contributed by atoms with van der Waals surface area (Å²) in [5, 5.41) is 15.6. The van der Waals surface area contributed by atoms with Crippen molar-refractivity contribution in [2.45, 2.75) is 26.0 Å². The van der Waals surface area contributed by atoms with Gasteiger partial charge in [0.1, 0.15) is 5.82 Å². The fourth-order valence-electron chi connectivity index (χ4n) is 3.05. The summed E-state index contributed by atoms with van der Waals surface area (Å²) >= 11 is 0. The average molecular weight is 340 g/mol. The molecule has 1 atom stereocenters. The first-order valence-electron chi connectivity index (χ1n) is 8.55. The number of benzene rings is 1. The lowest BCUT2D eigenvalue weighted by atomic mass is 10.00. The predicted octanol–water partition coefficient (Wildman–Crippen LogP) is 1.93. The first-order valence-corrected chi connectivity index (χ1v) is 8.55. The number of rotatable bonds is 5. The number of amides is 2. The molecule has 0 spiro atoms. The molecule has 2 heterocycles. The lowest BCUT2D eigenvalue weighted by molar-refractivity contribution is 0.106. The molecule has 1 aromatic carbocycles. The smallest absolute Gasteiger partial charge is 0.320 e. The fraction of sp³-hybridized carbons (Fsp3) is 0.368. The number of nitrogens with zero attached hydrogens (tertiary/aromatic N) is 2. The number of hydrogen-bond donors (Lipinski definition) is 3. The molecule has 1 aliphatic rings. The van der Waals surface area contributed by atoms with Gasteiger partial charge in [0, 0.05) is 32.4 Å². The molecule has 3 rings (SSSR count). The number of aliphatic hydroxyl groups is 1. The van der Waals surface area contributed by atoms with Crippen molar-refractivity contribution in [3.8, 4) is 0 Å². The van der Waals surface area contributed by atoms with Crippen molar-refractivity contribution in [2.24, 2.45) is 0 Å². The van der Waals surface area contributed by atoms with E-state index < -0.39 is 6.10 Å². The number of aliphatic hydroxyl groups excluding tert-OH is 1. The van der Waals surface area contributed by atoms with Crippen LogP contribution in [0.3, 0.4) is 0 Å². The third kappa shape index (κ3) is 4.78. The number of β-amino-alcohol motifs (C(OH)–C–C–N with tert-alkyl or cyclic N) is 1. The zero-order valence-corrected chi connectivity index (χ0v) is 14.4. The van der Waals surface area contributed by atoms with Gasteiger partial charge in [0.2, 0.25) is 0 Å². The number of pyridine rings is 1. The molecular formula is C19H24N4O2. The third-order valence-electron chi connectivity index (χ3n) is 4.42. The van der Waals surface area contributed by atoms with Crippen LogP contribution in [-0.4, -0.2) is 46.8 Å². The summed E-state index contributed by atoms with van der Waals surface area (Å²) in [6, 6.07) is 11.7. The summed E-state index contributed by atoms with van der Waals surface area (Å²) in [6.45, 7) is 4.39. The topological polar surface area (TPSA) is 77.5 Å². The summed E-state index contributed by atoms with van der Waals surface area (Å²) in [4.78, 5) is 18.3. The Kier molecular flexibility index (Phi) is 5.63. The Morgan fingerprint density at radius 3 is 2.88 bits per heavy atom. The minimum atomic E-state index is -0.610. The Labute approximate surface area is 147 Å². The van der Waals surface area contributed by atoms with Crippen molar-refractivity contribution in [1.29, 1.82) is 0 Å². The molecule has 0 saturated carbocycles. The van der Waals surface area contributed by atoms with Crippen molar-refractivity contribution in [3.05, 3.63) is 59.3 Å². The monoisotopic (exact) mass is 340 g/mol. The number of carbonyl (C=O) groups excluding carboxylic acids is 1. The van der Waals surface area contributed by atoms with Crippen LogP contribution in [0.25, 0.3) is 0 Å². The summed E-state index contributed by atoms with van der Waals surface area (Å²) in [5.74, 6) is 0.530. The van der Waals surface area contributed by atoms with Gasteiger partial charge < -0.3 is 10.4 Å². The van der Waals surface area contributed by atoms with Crippen LogP contribution >= 0.6 is 0 Å². The molecule has 0 aliphatic carbocycles. The highest BCUT2D eigenvalue weighted by Crippen LogP contribution is 2.18. The third-order valence-corrected chi connectivity index (χ3v) is 4.42. The van der Waals surface area contributed by atoms with Gasteiger partial charge in [-0.05, 0) is 36.1 Å². The molecule has 2 amide bonds. The van der Waals surface area contributed by atoms with E-state index in [1.165, 1.54) is 11.1 Å². The van der Waals surface area contributed by atoms with Gasteiger partial charge in [-0.15, -0.1) is 0 Å². The highest BCUT2D eigenvalue weighted by Gasteiger charge is 2.18. The van der Waals surface area contributed by atoms with Crippen LogP contribution < -0.4 is 10.6 Å². The molecule has 0 radical (unpaired) electrons. The zero-order valence-electron chi connectivity index (χ0n) is 14.4. The Balaban J connectivity index is 1.43.